The third-order valence-electron chi connectivity index (χ3n) is 3.90. The molecule has 2 fully saturated rings. The van der Waals surface area contributed by atoms with Crippen LogP contribution in [0.15, 0.2) is 0 Å². The summed E-state index contributed by atoms with van der Waals surface area (Å²) < 4.78 is 5.32. The van der Waals surface area contributed by atoms with Crippen LogP contribution in [0.4, 0.5) is 0 Å². The van der Waals surface area contributed by atoms with E-state index in [1.54, 1.807) is 0 Å². The smallest absolute Gasteiger partial charge is 0.0718 e. The van der Waals surface area contributed by atoms with Gasteiger partial charge in [0.1, 0.15) is 0 Å². The van der Waals surface area contributed by atoms with Gasteiger partial charge >= 0.3 is 0 Å². The van der Waals surface area contributed by atoms with Crippen molar-refractivity contribution in [3.63, 3.8) is 0 Å². The zero-order chi connectivity index (χ0) is 10.7. The second kappa shape index (κ2) is 5.28. The maximum absolute atomic E-state index is 10.1. The van der Waals surface area contributed by atoms with Gasteiger partial charge in [0, 0.05) is 25.1 Å². The standard InChI is InChI=1S/C12H23NO2/c1-2-11-4-3-6-13(11)8-12(14)10-5-7-15-9-10/h10-12,14H,2-9H2,1H3. The minimum absolute atomic E-state index is 0.181. The molecule has 3 heteroatoms. The van der Waals surface area contributed by atoms with Gasteiger partial charge in [-0.1, -0.05) is 6.92 Å². The van der Waals surface area contributed by atoms with E-state index in [9.17, 15) is 5.11 Å². The van der Waals surface area contributed by atoms with Crippen LogP contribution in [0.2, 0.25) is 0 Å². The van der Waals surface area contributed by atoms with E-state index in [1.807, 2.05) is 0 Å². The first-order valence-corrected chi connectivity index (χ1v) is 6.31. The molecule has 0 aromatic carbocycles. The lowest BCUT2D eigenvalue weighted by Crippen LogP contribution is -2.39. The van der Waals surface area contributed by atoms with Crippen LogP contribution in [0.1, 0.15) is 32.6 Å². The van der Waals surface area contributed by atoms with E-state index >= 15 is 0 Å². The van der Waals surface area contributed by atoms with Crippen molar-refractivity contribution in [2.24, 2.45) is 5.92 Å². The highest BCUT2D eigenvalue weighted by Crippen LogP contribution is 2.23. The molecule has 2 rings (SSSR count). The average Bonchev–Trinajstić information content (AvgIpc) is 2.87. The van der Waals surface area contributed by atoms with Crippen molar-refractivity contribution in [2.45, 2.75) is 44.8 Å². The minimum atomic E-state index is -0.181. The SMILES string of the molecule is CCC1CCCN1CC(O)C1CCOC1. The minimum Gasteiger partial charge on any atom is -0.391 e. The van der Waals surface area contributed by atoms with Crippen LogP contribution in [0.25, 0.3) is 0 Å². The van der Waals surface area contributed by atoms with Crippen molar-refractivity contribution in [3.05, 3.63) is 0 Å². The Hall–Kier alpha value is -0.120. The zero-order valence-corrected chi connectivity index (χ0v) is 9.69. The number of hydrogen-bond acceptors (Lipinski definition) is 3. The van der Waals surface area contributed by atoms with Crippen LogP contribution in [0.3, 0.4) is 0 Å². The van der Waals surface area contributed by atoms with E-state index in [1.165, 1.54) is 25.8 Å². The molecule has 0 radical (unpaired) electrons. The molecule has 2 heterocycles. The fraction of sp³-hybridized carbons (Fsp3) is 1.00. The summed E-state index contributed by atoms with van der Waals surface area (Å²) in [5.74, 6) is 0.378. The number of aliphatic hydroxyl groups is 1. The van der Waals surface area contributed by atoms with Crippen LogP contribution in [-0.2, 0) is 4.74 Å². The number of hydrogen-bond donors (Lipinski definition) is 1. The van der Waals surface area contributed by atoms with Crippen molar-refractivity contribution in [3.8, 4) is 0 Å². The Kier molecular flexibility index (Phi) is 4.00. The summed E-state index contributed by atoms with van der Waals surface area (Å²) in [5, 5.41) is 10.1. The highest BCUT2D eigenvalue weighted by atomic mass is 16.5. The van der Waals surface area contributed by atoms with Gasteiger partial charge in [0.2, 0.25) is 0 Å². The number of aliphatic hydroxyl groups excluding tert-OH is 1. The predicted molar refractivity (Wildman–Crippen MR) is 59.8 cm³/mol. The highest BCUT2D eigenvalue weighted by Gasteiger charge is 2.29. The molecule has 1 N–H and O–H groups in total. The lowest BCUT2D eigenvalue weighted by atomic mass is 10.0. The van der Waals surface area contributed by atoms with Gasteiger partial charge in [-0.15, -0.1) is 0 Å². The number of β-amino-alcohol motifs (C(OH)–C–C–N with tert-alkyl or cyclic N) is 1. The molecule has 0 spiro atoms. The Balaban J connectivity index is 1.79. The maximum atomic E-state index is 10.1. The molecule has 3 nitrogen and oxygen atoms in total. The second-order valence-electron chi connectivity index (χ2n) is 4.89. The lowest BCUT2D eigenvalue weighted by molar-refractivity contribution is 0.0514. The third kappa shape index (κ3) is 2.71. The summed E-state index contributed by atoms with van der Waals surface area (Å²) in [5.41, 5.74) is 0. The molecule has 0 amide bonds. The van der Waals surface area contributed by atoms with Gasteiger partial charge in [-0.3, -0.25) is 4.90 Å². The van der Waals surface area contributed by atoms with Gasteiger partial charge in [-0.2, -0.15) is 0 Å². The lowest BCUT2D eigenvalue weighted by Gasteiger charge is -2.28. The molecule has 0 saturated carbocycles. The molecule has 0 aromatic heterocycles. The Morgan fingerprint density at radius 3 is 3.00 bits per heavy atom. The highest BCUT2D eigenvalue weighted by molar-refractivity contribution is 4.83. The molecule has 0 bridgehead atoms. The molecule has 2 aliphatic rings. The average molecular weight is 213 g/mol. The molecule has 88 valence electrons. The summed E-state index contributed by atoms with van der Waals surface area (Å²) in [7, 11) is 0. The Morgan fingerprint density at radius 2 is 2.33 bits per heavy atom. The maximum Gasteiger partial charge on any atom is 0.0718 e. The van der Waals surface area contributed by atoms with E-state index < -0.39 is 0 Å². The number of ether oxygens (including phenoxy) is 1. The van der Waals surface area contributed by atoms with Gasteiger partial charge in [0.05, 0.1) is 12.7 Å². The number of likely N-dealkylation sites (tertiary alicyclic amines) is 1. The topological polar surface area (TPSA) is 32.7 Å². The van der Waals surface area contributed by atoms with Crippen molar-refractivity contribution >= 4 is 0 Å². The van der Waals surface area contributed by atoms with Crippen LogP contribution >= 0.6 is 0 Å². The summed E-state index contributed by atoms with van der Waals surface area (Å²) >= 11 is 0. The molecule has 3 atom stereocenters. The molecule has 15 heavy (non-hydrogen) atoms. The van der Waals surface area contributed by atoms with Crippen LogP contribution < -0.4 is 0 Å². The van der Waals surface area contributed by atoms with Gasteiger partial charge in [-0.05, 0) is 32.2 Å². The third-order valence-corrected chi connectivity index (χ3v) is 3.90. The summed E-state index contributed by atoms with van der Waals surface area (Å²) in [6.45, 7) is 5.86. The largest absolute Gasteiger partial charge is 0.391 e. The monoisotopic (exact) mass is 213 g/mol. The fourth-order valence-electron chi connectivity index (χ4n) is 2.84. The van der Waals surface area contributed by atoms with Crippen LogP contribution in [0, 0.1) is 5.92 Å². The van der Waals surface area contributed by atoms with E-state index in [-0.39, 0.29) is 6.10 Å². The van der Waals surface area contributed by atoms with Gasteiger partial charge in [0.25, 0.3) is 0 Å². The first-order chi connectivity index (χ1) is 7.31. The molecular formula is C12H23NO2. The molecular weight excluding hydrogens is 190 g/mol. The Morgan fingerprint density at radius 1 is 1.47 bits per heavy atom. The molecule has 3 unspecified atom stereocenters. The Labute approximate surface area is 92.4 Å². The van der Waals surface area contributed by atoms with Gasteiger partial charge in [-0.25, -0.2) is 0 Å². The van der Waals surface area contributed by atoms with E-state index in [4.69, 9.17) is 4.74 Å². The van der Waals surface area contributed by atoms with Crippen molar-refractivity contribution < 1.29 is 9.84 Å². The summed E-state index contributed by atoms with van der Waals surface area (Å²) in [6, 6.07) is 0.710. The van der Waals surface area contributed by atoms with Crippen LogP contribution in [-0.4, -0.2) is 48.5 Å². The van der Waals surface area contributed by atoms with Gasteiger partial charge in [0.15, 0.2) is 0 Å². The fourth-order valence-corrected chi connectivity index (χ4v) is 2.84. The van der Waals surface area contributed by atoms with Crippen molar-refractivity contribution in [2.75, 3.05) is 26.3 Å². The predicted octanol–water partition coefficient (Wildman–Crippen LogP) is 1.26. The quantitative estimate of drug-likeness (QED) is 0.763. The van der Waals surface area contributed by atoms with Crippen molar-refractivity contribution in [1.29, 1.82) is 0 Å². The zero-order valence-electron chi connectivity index (χ0n) is 9.69. The summed E-state index contributed by atoms with van der Waals surface area (Å²) in [6.07, 6.45) is 4.68. The molecule has 2 aliphatic heterocycles. The molecule has 2 saturated heterocycles. The van der Waals surface area contributed by atoms with Crippen molar-refractivity contribution in [1.82, 2.24) is 4.90 Å². The Bertz CT molecular complexity index is 192. The second-order valence-corrected chi connectivity index (χ2v) is 4.89. The molecule has 0 aliphatic carbocycles. The van der Waals surface area contributed by atoms with E-state index in [2.05, 4.69) is 11.8 Å². The number of rotatable bonds is 4. The number of nitrogens with zero attached hydrogens (tertiary/aromatic N) is 1. The normalized spacial score (nSPS) is 34.8. The summed E-state index contributed by atoms with van der Waals surface area (Å²) in [4.78, 5) is 2.46. The first kappa shape index (κ1) is 11.4. The van der Waals surface area contributed by atoms with E-state index in [0.717, 1.165) is 26.2 Å². The van der Waals surface area contributed by atoms with Crippen LogP contribution in [0.5, 0.6) is 0 Å². The van der Waals surface area contributed by atoms with Gasteiger partial charge < -0.3 is 9.84 Å². The van der Waals surface area contributed by atoms with E-state index in [0.29, 0.717) is 12.0 Å². The molecule has 0 aromatic rings. The first-order valence-electron chi connectivity index (χ1n) is 6.31.